The average molecular weight is 238 g/mol. The van der Waals surface area contributed by atoms with Crippen molar-refractivity contribution in [3.8, 4) is 0 Å². The molecule has 1 aliphatic rings. The predicted molar refractivity (Wildman–Crippen MR) is 64.9 cm³/mol. The molecule has 0 spiro atoms. The van der Waals surface area contributed by atoms with E-state index in [1.165, 1.54) is 18.5 Å². The second kappa shape index (κ2) is 4.33. The average Bonchev–Trinajstić information content (AvgIpc) is 3.07. The number of aromatic amines is 1. The summed E-state index contributed by atoms with van der Waals surface area (Å²) in [5.74, 6) is -0.290. The summed E-state index contributed by atoms with van der Waals surface area (Å²) in [7, 11) is 0. The fourth-order valence-corrected chi connectivity index (χ4v) is 2.25. The number of carbonyl (C=O) groups excluding carboxylic acids is 1. The Morgan fingerprint density at radius 2 is 2.38 bits per heavy atom. The molecular formula is C11H14N2O2S. The van der Waals surface area contributed by atoms with Crippen molar-refractivity contribution in [2.45, 2.75) is 17.6 Å². The van der Waals surface area contributed by atoms with Crippen LogP contribution in [0.4, 0.5) is 0 Å². The highest BCUT2D eigenvalue weighted by molar-refractivity contribution is 8.00. The number of nitrogens with one attached hydrogen (secondary N) is 2. The van der Waals surface area contributed by atoms with Gasteiger partial charge in [0.2, 0.25) is 0 Å². The summed E-state index contributed by atoms with van der Waals surface area (Å²) in [6.07, 6.45) is 7.29. The number of hydrogen-bond acceptors (Lipinski definition) is 3. The largest absolute Gasteiger partial charge is 0.367 e. The first-order chi connectivity index (χ1) is 7.67. The van der Waals surface area contributed by atoms with E-state index in [1.54, 1.807) is 11.8 Å². The number of pyridine rings is 1. The first-order valence-electron chi connectivity index (χ1n) is 5.17. The van der Waals surface area contributed by atoms with Gasteiger partial charge in [-0.15, -0.1) is 0 Å². The molecule has 0 unspecified atom stereocenters. The van der Waals surface area contributed by atoms with E-state index in [0.29, 0.717) is 6.54 Å². The topological polar surface area (TPSA) is 62.0 Å². The third-order valence-electron chi connectivity index (χ3n) is 2.88. The van der Waals surface area contributed by atoms with E-state index in [1.807, 2.05) is 0 Å². The number of amides is 1. The van der Waals surface area contributed by atoms with Crippen molar-refractivity contribution in [2.75, 3.05) is 12.8 Å². The Kier molecular flexibility index (Phi) is 3.05. The molecule has 4 nitrogen and oxygen atoms in total. The SMILES string of the molecule is CSC1(CNC(=O)c2c[nH]ccc2=O)CC1. The normalized spacial score (nSPS) is 16.8. The van der Waals surface area contributed by atoms with Crippen LogP contribution in [-0.2, 0) is 0 Å². The Morgan fingerprint density at radius 3 is 2.94 bits per heavy atom. The summed E-state index contributed by atoms with van der Waals surface area (Å²) in [5, 5.41) is 2.81. The highest BCUT2D eigenvalue weighted by Crippen LogP contribution is 2.46. The molecule has 5 heteroatoms. The van der Waals surface area contributed by atoms with Crippen LogP contribution in [0, 0.1) is 0 Å². The standard InChI is InChI=1S/C11H14N2O2S/c1-16-11(3-4-11)7-13-10(15)8-6-12-5-2-9(8)14/h2,5-6H,3-4,7H2,1H3,(H,12,14)(H,13,15). The van der Waals surface area contributed by atoms with Crippen LogP contribution in [0.25, 0.3) is 0 Å². The van der Waals surface area contributed by atoms with E-state index in [-0.39, 0.29) is 21.6 Å². The highest BCUT2D eigenvalue weighted by Gasteiger charge is 2.42. The molecule has 1 aromatic heterocycles. The zero-order valence-electron chi connectivity index (χ0n) is 9.08. The van der Waals surface area contributed by atoms with Crippen molar-refractivity contribution in [1.82, 2.24) is 10.3 Å². The monoisotopic (exact) mass is 238 g/mol. The van der Waals surface area contributed by atoms with Crippen molar-refractivity contribution in [2.24, 2.45) is 0 Å². The van der Waals surface area contributed by atoms with Gasteiger partial charge in [-0.2, -0.15) is 11.8 Å². The maximum absolute atomic E-state index is 11.7. The molecule has 1 amide bonds. The van der Waals surface area contributed by atoms with E-state index in [0.717, 1.165) is 12.8 Å². The van der Waals surface area contributed by atoms with Gasteiger partial charge in [0.05, 0.1) is 0 Å². The molecule has 0 atom stereocenters. The van der Waals surface area contributed by atoms with Crippen molar-refractivity contribution in [3.63, 3.8) is 0 Å². The number of H-pyrrole nitrogens is 1. The van der Waals surface area contributed by atoms with Crippen LogP contribution in [0.1, 0.15) is 23.2 Å². The second-order valence-electron chi connectivity index (χ2n) is 3.99. The van der Waals surface area contributed by atoms with Gasteiger partial charge >= 0.3 is 0 Å². The Balaban J connectivity index is 1.99. The zero-order valence-corrected chi connectivity index (χ0v) is 9.89. The van der Waals surface area contributed by atoms with Gasteiger partial charge in [-0.25, -0.2) is 0 Å². The van der Waals surface area contributed by atoms with Crippen LogP contribution in [0.15, 0.2) is 23.3 Å². The molecule has 0 aromatic carbocycles. The first kappa shape index (κ1) is 11.3. The predicted octanol–water partition coefficient (Wildman–Crippen LogP) is 1.00. The summed E-state index contributed by atoms with van der Waals surface area (Å²) in [4.78, 5) is 25.8. The van der Waals surface area contributed by atoms with Gasteiger partial charge in [-0.05, 0) is 19.1 Å². The Labute approximate surface area is 97.8 Å². The van der Waals surface area contributed by atoms with Gasteiger partial charge < -0.3 is 10.3 Å². The zero-order chi connectivity index (χ0) is 11.6. The quantitative estimate of drug-likeness (QED) is 0.822. The van der Waals surface area contributed by atoms with Crippen LogP contribution >= 0.6 is 11.8 Å². The van der Waals surface area contributed by atoms with Crippen LogP contribution in [0.3, 0.4) is 0 Å². The lowest BCUT2D eigenvalue weighted by molar-refractivity contribution is 0.0951. The summed E-state index contributed by atoms with van der Waals surface area (Å²) in [6, 6.07) is 1.36. The summed E-state index contributed by atoms with van der Waals surface area (Å²) in [5.41, 5.74) is -0.0651. The van der Waals surface area contributed by atoms with E-state index in [9.17, 15) is 9.59 Å². The summed E-state index contributed by atoms with van der Waals surface area (Å²) in [6.45, 7) is 0.640. The molecule has 1 fully saturated rings. The minimum Gasteiger partial charge on any atom is -0.367 e. The van der Waals surface area contributed by atoms with Crippen molar-refractivity contribution >= 4 is 17.7 Å². The molecule has 0 radical (unpaired) electrons. The molecule has 2 rings (SSSR count). The lowest BCUT2D eigenvalue weighted by Crippen LogP contribution is -2.34. The number of carbonyl (C=O) groups is 1. The van der Waals surface area contributed by atoms with Gasteiger partial charge in [0.1, 0.15) is 5.56 Å². The van der Waals surface area contributed by atoms with Gasteiger partial charge in [0.25, 0.3) is 5.91 Å². The van der Waals surface area contributed by atoms with E-state index < -0.39 is 0 Å². The van der Waals surface area contributed by atoms with Crippen LogP contribution < -0.4 is 10.7 Å². The molecule has 86 valence electrons. The molecule has 0 saturated heterocycles. The number of rotatable bonds is 4. The van der Waals surface area contributed by atoms with E-state index in [2.05, 4.69) is 16.6 Å². The maximum atomic E-state index is 11.7. The third-order valence-corrected chi connectivity index (χ3v) is 4.30. The molecule has 1 heterocycles. The Morgan fingerprint density at radius 1 is 1.62 bits per heavy atom. The maximum Gasteiger partial charge on any atom is 0.256 e. The van der Waals surface area contributed by atoms with Crippen molar-refractivity contribution in [3.05, 3.63) is 34.2 Å². The van der Waals surface area contributed by atoms with E-state index in [4.69, 9.17) is 0 Å². The molecule has 2 N–H and O–H groups in total. The van der Waals surface area contributed by atoms with Gasteiger partial charge in [0, 0.05) is 29.8 Å². The van der Waals surface area contributed by atoms with E-state index >= 15 is 0 Å². The number of aromatic nitrogens is 1. The second-order valence-corrected chi connectivity index (χ2v) is 5.27. The first-order valence-corrected chi connectivity index (χ1v) is 6.40. The summed E-state index contributed by atoms with van der Waals surface area (Å²) >= 11 is 1.78. The van der Waals surface area contributed by atoms with Crippen LogP contribution in [-0.4, -0.2) is 28.4 Å². The Hall–Kier alpha value is -1.23. The molecule has 0 aliphatic heterocycles. The fraction of sp³-hybridized carbons (Fsp3) is 0.455. The third kappa shape index (κ3) is 2.29. The molecule has 16 heavy (non-hydrogen) atoms. The summed E-state index contributed by atoms with van der Waals surface area (Å²) < 4.78 is 0.219. The van der Waals surface area contributed by atoms with Gasteiger partial charge in [-0.1, -0.05) is 0 Å². The lowest BCUT2D eigenvalue weighted by atomic mass is 10.2. The smallest absolute Gasteiger partial charge is 0.256 e. The van der Waals surface area contributed by atoms with Crippen LogP contribution in [0.5, 0.6) is 0 Å². The highest BCUT2D eigenvalue weighted by atomic mass is 32.2. The number of hydrogen-bond donors (Lipinski definition) is 2. The van der Waals surface area contributed by atoms with Gasteiger partial charge in [0.15, 0.2) is 5.43 Å². The molecular weight excluding hydrogens is 224 g/mol. The fourth-order valence-electron chi connectivity index (χ4n) is 1.52. The van der Waals surface area contributed by atoms with Crippen molar-refractivity contribution in [1.29, 1.82) is 0 Å². The molecule has 1 aromatic rings. The molecule has 1 aliphatic carbocycles. The lowest BCUT2D eigenvalue weighted by Gasteiger charge is -2.12. The minimum atomic E-state index is -0.290. The minimum absolute atomic E-state index is 0.180. The number of thioether (sulfide) groups is 1. The van der Waals surface area contributed by atoms with Gasteiger partial charge in [-0.3, -0.25) is 9.59 Å². The molecule has 0 bridgehead atoms. The molecule has 1 saturated carbocycles. The Bertz CT molecular complexity index is 451. The van der Waals surface area contributed by atoms with Crippen molar-refractivity contribution < 1.29 is 4.79 Å². The van der Waals surface area contributed by atoms with Crippen LogP contribution in [0.2, 0.25) is 0 Å².